The van der Waals surface area contributed by atoms with E-state index in [2.05, 4.69) is 6.07 Å². The summed E-state index contributed by atoms with van der Waals surface area (Å²) in [6.45, 7) is 1.17. The van der Waals surface area contributed by atoms with Crippen molar-refractivity contribution in [3.63, 3.8) is 0 Å². The quantitative estimate of drug-likeness (QED) is 0.382. The molecule has 30 heavy (non-hydrogen) atoms. The summed E-state index contributed by atoms with van der Waals surface area (Å²) >= 11 is 12.6. The van der Waals surface area contributed by atoms with Crippen molar-refractivity contribution in [1.82, 2.24) is 0 Å². The van der Waals surface area contributed by atoms with Crippen molar-refractivity contribution in [3.05, 3.63) is 94.5 Å². The minimum Gasteiger partial charge on any atom is -0.304 e. The lowest BCUT2D eigenvalue weighted by atomic mass is 10.1. The van der Waals surface area contributed by atoms with Gasteiger partial charge in [-0.2, -0.15) is 5.26 Å². The molecule has 1 atom stereocenters. The van der Waals surface area contributed by atoms with Crippen LogP contribution in [0.2, 0.25) is 10.0 Å². The van der Waals surface area contributed by atoms with Crippen LogP contribution in [0.15, 0.2) is 78.9 Å². The highest BCUT2D eigenvalue weighted by molar-refractivity contribution is 7.68. The second-order valence-corrected chi connectivity index (χ2v) is 10.7. The lowest BCUT2D eigenvalue weighted by Crippen LogP contribution is -2.24. The maximum absolute atomic E-state index is 15.0. The molecule has 152 valence electrons. The van der Waals surface area contributed by atoms with Gasteiger partial charge >= 0.3 is 0 Å². The third kappa shape index (κ3) is 3.70. The second-order valence-electron chi connectivity index (χ2n) is 7.05. The van der Waals surface area contributed by atoms with Crippen LogP contribution in [-0.4, -0.2) is 13.1 Å². The Morgan fingerprint density at radius 2 is 1.43 bits per heavy atom. The molecule has 0 saturated carbocycles. The largest absolute Gasteiger partial charge is 0.304 e. The summed E-state index contributed by atoms with van der Waals surface area (Å²) in [7, 11) is -3.31. The van der Waals surface area contributed by atoms with Crippen LogP contribution in [0.4, 0.5) is 11.4 Å². The highest BCUT2D eigenvalue weighted by atomic mass is 35.5. The van der Waals surface area contributed by atoms with E-state index in [1.54, 1.807) is 18.2 Å². The molecular formula is C23H20Cl2N3OP. The van der Waals surface area contributed by atoms with Gasteiger partial charge in [0.15, 0.2) is 0 Å². The van der Waals surface area contributed by atoms with Crippen LogP contribution in [0.25, 0.3) is 0 Å². The van der Waals surface area contributed by atoms with Crippen molar-refractivity contribution in [2.45, 2.75) is 12.1 Å². The molecule has 4 nitrogen and oxygen atoms in total. The number of benzene rings is 3. The third-order valence-corrected chi connectivity index (χ3v) is 9.42. The maximum atomic E-state index is 15.0. The van der Waals surface area contributed by atoms with E-state index in [4.69, 9.17) is 23.2 Å². The molecule has 1 heterocycles. The van der Waals surface area contributed by atoms with Crippen LogP contribution < -0.4 is 9.34 Å². The van der Waals surface area contributed by atoms with Gasteiger partial charge in [-0.25, -0.2) is 0 Å². The Morgan fingerprint density at radius 1 is 0.900 bits per heavy atom. The first kappa shape index (κ1) is 20.8. The Bertz CT molecular complexity index is 1070. The molecule has 0 aliphatic carbocycles. The predicted octanol–water partition coefficient (Wildman–Crippen LogP) is 7.17. The SMILES string of the molecule is N#CCC(c1ccc(Cl)cc1Cl)P1(=O)N(c2ccccc2)CCN1c1ccccc1. The fourth-order valence-corrected chi connectivity index (χ4v) is 8.14. The van der Waals surface area contributed by atoms with E-state index < -0.39 is 13.1 Å². The first-order valence-corrected chi connectivity index (χ1v) is 12.1. The summed E-state index contributed by atoms with van der Waals surface area (Å²) in [6.07, 6.45) is 0.0747. The summed E-state index contributed by atoms with van der Waals surface area (Å²) in [4.78, 5) is 0. The summed E-state index contributed by atoms with van der Waals surface area (Å²) in [6, 6.07) is 26.8. The van der Waals surface area contributed by atoms with Gasteiger partial charge in [0.25, 0.3) is 7.44 Å². The summed E-state index contributed by atoms with van der Waals surface area (Å²) < 4.78 is 18.9. The Hall–Kier alpha value is -2.44. The van der Waals surface area contributed by atoms with Crippen LogP contribution in [0, 0.1) is 11.3 Å². The van der Waals surface area contributed by atoms with Crippen LogP contribution in [-0.2, 0) is 4.57 Å². The number of nitrogens with zero attached hydrogens (tertiary/aromatic N) is 3. The standard InChI is InChI=1S/C23H20Cl2N3OP/c24-18-11-12-21(22(25)17-18)23(13-14-26)30(29)27(19-7-3-1-4-8-19)15-16-28(30)20-9-5-2-6-10-20/h1-12,17,23H,13,15-16H2. The van der Waals surface area contributed by atoms with Crippen molar-refractivity contribution in [2.75, 3.05) is 22.4 Å². The van der Waals surface area contributed by atoms with E-state index in [1.165, 1.54) is 0 Å². The number of anilines is 2. The third-order valence-electron chi connectivity index (χ3n) is 5.34. The predicted molar refractivity (Wildman–Crippen MR) is 125 cm³/mol. The average Bonchev–Trinajstić information content (AvgIpc) is 3.12. The van der Waals surface area contributed by atoms with Crippen molar-refractivity contribution in [1.29, 1.82) is 5.26 Å². The number of halogens is 2. The van der Waals surface area contributed by atoms with E-state index >= 15 is 4.57 Å². The Morgan fingerprint density at radius 3 is 1.90 bits per heavy atom. The molecule has 0 bridgehead atoms. The molecule has 3 aromatic carbocycles. The van der Waals surface area contributed by atoms with Gasteiger partial charge in [-0.15, -0.1) is 0 Å². The average molecular weight is 456 g/mol. The molecule has 0 spiro atoms. The number of rotatable bonds is 5. The van der Waals surface area contributed by atoms with Crippen molar-refractivity contribution >= 4 is 42.0 Å². The highest BCUT2D eigenvalue weighted by Gasteiger charge is 2.50. The zero-order chi connectivity index (χ0) is 21.1. The summed E-state index contributed by atoms with van der Waals surface area (Å²) in [5.74, 6) is 0. The zero-order valence-electron chi connectivity index (χ0n) is 16.2. The van der Waals surface area contributed by atoms with E-state index in [0.717, 1.165) is 11.4 Å². The fourth-order valence-electron chi connectivity index (χ4n) is 4.00. The first-order chi connectivity index (χ1) is 14.6. The number of hydrogen-bond donors (Lipinski definition) is 0. The highest BCUT2D eigenvalue weighted by Crippen LogP contribution is 2.70. The van der Waals surface area contributed by atoms with Crippen LogP contribution >= 0.6 is 30.6 Å². The zero-order valence-corrected chi connectivity index (χ0v) is 18.6. The van der Waals surface area contributed by atoms with Gasteiger partial charge in [-0.1, -0.05) is 65.7 Å². The molecule has 4 rings (SSSR count). The monoisotopic (exact) mass is 455 g/mol. The molecule has 0 amide bonds. The summed E-state index contributed by atoms with van der Waals surface area (Å²) in [5, 5.41) is 10.6. The van der Waals surface area contributed by atoms with E-state index in [9.17, 15) is 5.26 Å². The van der Waals surface area contributed by atoms with Crippen molar-refractivity contribution in [2.24, 2.45) is 0 Å². The van der Waals surface area contributed by atoms with Gasteiger partial charge in [0.05, 0.1) is 18.1 Å². The molecule has 1 aliphatic heterocycles. The minimum absolute atomic E-state index is 0.0747. The van der Waals surface area contributed by atoms with E-state index in [1.807, 2.05) is 70.0 Å². The number of para-hydroxylation sites is 2. The molecule has 1 aliphatic rings. The lowest BCUT2D eigenvalue weighted by molar-refractivity contribution is 0.565. The number of nitriles is 1. The molecule has 7 heteroatoms. The van der Waals surface area contributed by atoms with Crippen LogP contribution in [0.3, 0.4) is 0 Å². The summed E-state index contributed by atoms with van der Waals surface area (Å²) in [5.41, 5.74) is 1.82. The van der Waals surface area contributed by atoms with Crippen molar-refractivity contribution in [3.8, 4) is 6.07 Å². The minimum atomic E-state index is -3.31. The van der Waals surface area contributed by atoms with Crippen LogP contribution in [0.1, 0.15) is 17.6 Å². The Labute approximate surface area is 186 Å². The first-order valence-electron chi connectivity index (χ1n) is 9.63. The van der Waals surface area contributed by atoms with Gasteiger partial charge in [0.2, 0.25) is 0 Å². The Kier molecular flexibility index (Phi) is 6.06. The molecule has 0 N–H and O–H groups in total. The molecule has 1 fully saturated rings. The number of hydrogen-bond acceptors (Lipinski definition) is 2. The van der Waals surface area contributed by atoms with Gasteiger partial charge in [0.1, 0.15) is 0 Å². The topological polar surface area (TPSA) is 47.3 Å². The Balaban J connectivity index is 1.91. The molecule has 0 aromatic heterocycles. The van der Waals surface area contributed by atoms with Gasteiger partial charge in [-0.3, -0.25) is 4.57 Å². The van der Waals surface area contributed by atoms with Gasteiger partial charge in [-0.05, 0) is 42.0 Å². The van der Waals surface area contributed by atoms with Gasteiger partial charge < -0.3 is 9.34 Å². The lowest BCUT2D eigenvalue weighted by Gasteiger charge is -2.37. The van der Waals surface area contributed by atoms with E-state index in [-0.39, 0.29) is 6.42 Å². The molecular weight excluding hydrogens is 436 g/mol. The smallest absolute Gasteiger partial charge is 0.271 e. The van der Waals surface area contributed by atoms with Crippen LogP contribution in [0.5, 0.6) is 0 Å². The maximum Gasteiger partial charge on any atom is 0.271 e. The molecule has 1 saturated heterocycles. The molecule has 0 radical (unpaired) electrons. The second kappa shape index (κ2) is 8.74. The fraction of sp³-hybridized carbons (Fsp3) is 0.174. The normalized spacial score (nSPS) is 16.3. The molecule has 3 aromatic rings. The molecule has 1 unspecified atom stereocenters. The van der Waals surface area contributed by atoms with E-state index in [0.29, 0.717) is 28.7 Å². The van der Waals surface area contributed by atoms with Gasteiger partial charge in [0, 0.05) is 34.5 Å². The van der Waals surface area contributed by atoms with Crippen molar-refractivity contribution < 1.29 is 4.57 Å².